The molecule has 0 saturated heterocycles. The van der Waals surface area contributed by atoms with E-state index in [-0.39, 0.29) is 23.9 Å². The third-order valence-corrected chi connectivity index (χ3v) is 2.34. The maximum Gasteiger partial charge on any atom is 0.388 e. The van der Waals surface area contributed by atoms with E-state index in [1.54, 1.807) is 6.92 Å². The van der Waals surface area contributed by atoms with Gasteiger partial charge < -0.3 is 16.2 Å². The number of nitrogens with zero attached hydrogens (tertiary/aromatic N) is 4. The van der Waals surface area contributed by atoms with Crippen molar-refractivity contribution in [2.24, 2.45) is 21.7 Å². The zero-order chi connectivity index (χ0) is 16.7. The number of nitro groups is 2. The van der Waals surface area contributed by atoms with Gasteiger partial charge in [-0.2, -0.15) is 5.10 Å². The van der Waals surface area contributed by atoms with E-state index in [0.717, 1.165) is 6.21 Å². The lowest BCUT2D eigenvalue weighted by Crippen LogP contribution is -2.21. The molecule has 0 aliphatic heterocycles. The van der Waals surface area contributed by atoms with Gasteiger partial charge >= 0.3 is 11.4 Å². The van der Waals surface area contributed by atoms with Crippen LogP contribution in [0.1, 0.15) is 18.9 Å². The zero-order valence-corrected chi connectivity index (χ0v) is 11.6. The molecule has 0 atom stereocenters. The summed E-state index contributed by atoms with van der Waals surface area (Å²) >= 11 is 0. The number of benzene rings is 1. The molecule has 0 unspecified atom stereocenters. The van der Waals surface area contributed by atoms with Crippen LogP contribution in [0.2, 0.25) is 0 Å². The Balaban J connectivity index is 3.44. The number of nitro benzene ring substituents is 2. The highest BCUT2D eigenvalue weighted by atomic mass is 16.6. The van der Waals surface area contributed by atoms with Crippen molar-refractivity contribution < 1.29 is 14.6 Å². The predicted octanol–water partition coefficient (Wildman–Crippen LogP) is 0.899. The van der Waals surface area contributed by atoms with Gasteiger partial charge in [0.05, 0.1) is 28.2 Å². The van der Waals surface area contributed by atoms with Gasteiger partial charge in [-0.25, -0.2) is 0 Å². The number of hydrogen-bond acceptors (Lipinski definition) is 7. The lowest BCUT2D eigenvalue weighted by Gasteiger charge is -2.06. The van der Waals surface area contributed by atoms with Crippen LogP contribution in [0.15, 0.2) is 22.3 Å². The van der Waals surface area contributed by atoms with Crippen LogP contribution in [-0.2, 0) is 0 Å². The summed E-state index contributed by atoms with van der Waals surface area (Å²) in [5.41, 5.74) is 8.52. The van der Waals surface area contributed by atoms with Crippen LogP contribution in [0, 0.1) is 20.2 Å². The Morgan fingerprint density at radius 2 is 1.91 bits per heavy atom. The molecular weight excluding hydrogens is 296 g/mol. The Labute approximate surface area is 124 Å². The van der Waals surface area contributed by atoms with Gasteiger partial charge in [0.15, 0.2) is 0 Å². The van der Waals surface area contributed by atoms with Crippen LogP contribution < -0.4 is 16.2 Å². The second kappa shape index (κ2) is 7.52. The molecule has 0 spiro atoms. The lowest BCUT2D eigenvalue weighted by molar-refractivity contribution is -0.423. The van der Waals surface area contributed by atoms with Crippen LogP contribution in [0.25, 0.3) is 0 Å². The monoisotopic (exact) mass is 310 g/mol. The van der Waals surface area contributed by atoms with Gasteiger partial charge in [-0.05, 0) is 18.6 Å². The van der Waals surface area contributed by atoms with E-state index < -0.39 is 21.2 Å². The molecule has 0 radical (unpaired) electrons. The highest BCUT2D eigenvalue weighted by Crippen LogP contribution is 2.38. The molecule has 11 nitrogen and oxygen atoms in total. The molecule has 4 N–H and O–H groups in total. The summed E-state index contributed by atoms with van der Waals surface area (Å²) in [4.78, 5) is 20.6. The third kappa shape index (κ3) is 4.13. The smallest absolute Gasteiger partial charge is 0.388 e. The van der Waals surface area contributed by atoms with Gasteiger partial charge in [-0.1, -0.05) is 6.92 Å². The first-order chi connectivity index (χ1) is 10.4. The normalized spacial score (nSPS) is 10.4. The molecule has 0 aliphatic rings. The third-order valence-electron chi connectivity index (χ3n) is 2.34. The van der Waals surface area contributed by atoms with Crippen LogP contribution >= 0.6 is 0 Å². The molecule has 0 amide bonds. The number of nitrogens with two attached hydrogens (primary N) is 2. The zero-order valence-electron chi connectivity index (χ0n) is 11.6. The molecule has 22 heavy (non-hydrogen) atoms. The van der Waals surface area contributed by atoms with Crippen LogP contribution in [0.4, 0.5) is 11.4 Å². The Morgan fingerprint density at radius 3 is 2.41 bits per heavy atom. The second-order valence-corrected chi connectivity index (χ2v) is 3.98. The summed E-state index contributed by atoms with van der Waals surface area (Å²) in [6.45, 7) is 2.00. The van der Waals surface area contributed by atoms with Crippen molar-refractivity contribution in [3.05, 3.63) is 37.9 Å². The van der Waals surface area contributed by atoms with Gasteiger partial charge in [0, 0.05) is 0 Å². The topological polar surface area (TPSA) is 172 Å². The van der Waals surface area contributed by atoms with E-state index in [1.165, 1.54) is 12.1 Å². The maximum atomic E-state index is 11.2. The highest BCUT2D eigenvalue weighted by molar-refractivity contribution is 5.90. The van der Waals surface area contributed by atoms with E-state index >= 15 is 0 Å². The van der Waals surface area contributed by atoms with Crippen LogP contribution in [-0.4, -0.2) is 28.6 Å². The predicted molar refractivity (Wildman–Crippen MR) is 78.9 cm³/mol. The van der Waals surface area contributed by atoms with Gasteiger partial charge in [-0.3, -0.25) is 20.2 Å². The summed E-state index contributed by atoms with van der Waals surface area (Å²) in [5, 5.41) is 29.0. The summed E-state index contributed by atoms with van der Waals surface area (Å²) in [6, 6.07) is 2.53. The Bertz CT molecular complexity index is 638. The quantitative estimate of drug-likeness (QED) is 0.325. The molecule has 11 heteroatoms. The molecule has 1 rings (SSSR count). The number of rotatable bonds is 7. The van der Waals surface area contributed by atoms with Gasteiger partial charge in [0.1, 0.15) is 0 Å². The maximum absolute atomic E-state index is 11.2. The number of hydrogen-bond donors (Lipinski definition) is 2. The first kappa shape index (κ1) is 16.8. The van der Waals surface area contributed by atoms with Crippen LogP contribution in [0.5, 0.6) is 5.75 Å². The van der Waals surface area contributed by atoms with Gasteiger partial charge in [0.25, 0.3) is 0 Å². The minimum Gasteiger partial charge on any atom is -0.487 e. The van der Waals surface area contributed by atoms with Crippen molar-refractivity contribution in [2.45, 2.75) is 13.3 Å². The highest BCUT2D eigenvalue weighted by Gasteiger charge is 2.33. The fraction of sp³-hybridized carbons (Fsp3) is 0.273. The molecule has 118 valence electrons. The summed E-state index contributed by atoms with van der Waals surface area (Å²) < 4.78 is 5.18. The fourth-order valence-corrected chi connectivity index (χ4v) is 1.54. The molecule has 0 fully saturated rings. The fourth-order valence-electron chi connectivity index (χ4n) is 1.54. The summed E-state index contributed by atoms with van der Waals surface area (Å²) in [5.74, 6) is -0.533. The van der Waals surface area contributed by atoms with Crippen molar-refractivity contribution >= 4 is 23.5 Å². The summed E-state index contributed by atoms with van der Waals surface area (Å²) in [7, 11) is 0. The minimum absolute atomic E-state index is 0.120. The van der Waals surface area contributed by atoms with E-state index in [1.807, 2.05) is 0 Å². The molecule has 1 aromatic rings. The van der Waals surface area contributed by atoms with E-state index in [0.29, 0.717) is 6.42 Å². The molecule has 0 heterocycles. The molecular formula is C11H14N6O5. The van der Waals surface area contributed by atoms with Gasteiger partial charge in [0.2, 0.25) is 11.7 Å². The largest absolute Gasteiger partial charge is 0.487 e. The minimum atomic E-state index is -0.881. The summed E-state index contributed by atoms with van der Waals surface area (Å²) in [6.07, 6.45) is 1.55. The van der Waals surface area contributed by atoms with Crippen molar-refractivity contribution in [2.75, 3.05) is 6.61 Å². The average molecular weight is 310 g/mol. The molecule has 0 aromatic heterocycles. The van der Waals surface area contributed by atoms with E-state index in [9.17, 15) is 20.2 Å². The molecule has 1 aromatic carbocycles. The first-order valence-electron chi connectivity index (χ1n) is 6.09. The van der Waals surface area contributed by atoms with Crippen molar-refractivity contribution in [1.82, 2.24) is 0 Å². The Kier molecular flexibility index (Phi) is 5.75. The van der Waals surface area contributed by atoms with Gasteiger partial charge in [-0.15, -0.1) is 5.10 Å². The second-order valence-electron chi connectivity index (χ2n) is 3.98. The Morgan fingerprint density at radius 1 is 1.27 bits per heavy atom. The average Bonchev–Trinajstić information content (AvgIpc) is 2.44. The first-order valence-corrected chi connectivity index (χ1v) is 6.09. The number of ether oxygens (including phenoxy) is 1. The van der Waals surface area contributed by atoms with Crippen molar-refractivity contribution in [3.8, 4) is 5.75 Å². The molecule has 0 bridgehead atoms. The number of guanidine groups is 1. The molecule has 0 aliphatic carbocycles. The van der Waals surface area contributed by atoms with E-state index in [4.69, 9.17) is 16.2 Å². The van der Waals surface area contributed by atoms with Crippen LogP contribution in [0.3, 0.4) is 0 Å². The van der Waals surface area contributed by atoms with Crippen molar-refractivity contribution in [3.63, 3.8) is 0 Å². The SMILES string of the molecule is CCCOc1ccc(C=NN=C(N)N)c([N+](=O)[O-])c1[N+](=O)[O-]. The van der Waals surface area contributed by atoms with Crippen molar-refractivity contribution in [1.29, 1.82) is 0 Å². The molecule has 0 saturated carbocycles. The standard InChI is InChI=1S/C11H14N6O5/c1-2-5-22-8-4-3-7(6-14-15-11(12)13)9(16(18)19)10(8)17(20)21/h3-4,6H,2,5H2,1H3,(H4,12,13,15). The lowest BCUT2D eigenvalue weighted by atomic mass is 10.1. The van der Waals surface area contributed by atoms with E-state index in [2.05, 4.69) is 10.2 Å². The Hall–Kier alpha value is -3.24.